The molecule has 1 aromatic heterocycles. The lowest BCUT2D eigenvalue weighted by molar-refractivity contribution is 0.469. The lowest BCUT2D eigenvalue weighted by Crippen LogP contribution is -1.99. The molecule has 0 saturated carbocycles. The van der Waals surface area contributed by atoms with Crippen LogP contribution in [0.15, 0.2) is 30.6 Å². The van der Waals surface area contributed by atoms with Crippen LogP contribution in [0.25, 0.3) is 0 Å². The molecule has 0 fully saturated rings. The number of nitrogens with zero attached hydrogens (tertiary/aromatic N) is 2. The SMILES string of the molecule is CCCCCCCCCCc1cnc(C#Cc2ccc3c(c2)CC(CCCCCCCC)C3)nc1. The molecule has 0 N–H and O–H groups in total. The van der Waals surface area contributed by atoms with Gasteiger partial charge in [0.15, 0.2) is 0 Å². The van der Waals surface area contributed by atoms with Crippen molar-refractivity contribution in [1.29, 1.82) is 0 Å². The van der Waals surface area contributed by atoms with Crippen LogP contribution in [0.3, 0.4) is 0 Å². The summed E-state index contributed by atoms with van der Waals surface area (Å²) in [5.74, 6) is 7.94. The molecule has 0 saturated heterocycles. The lowest BCUT2D eigenvalue weighted by atomic mass is 9.97. The number of fused-ring (bicyclic) bond motifs is 1. The summed E-state index contributed by atoms with van der Waals surface area (Å²) in [6.07, 6.45) is 28.0. The highest BCUT2D eigenvalue weighted by Gasteiger charge is 2.20. The first-order valence-corrected chi connectivity index (χ1v) is 14.7. The number of aromatic nitrogens is 2. The Morgan fingerprint density at radius 3 is 1.97 bits per heavy atom. The fourth-order valence-electron chi connectivity index (χ4n) is 5.34. The highest BCUT2D eigenvalue weighted by molar-refractivity contribution is 5.45. The Bertz CT molecular complexity index is 903. The summed E-state index contributed by atoms with van der Waals surface area (Å²) in [5, 5.41) is 0. The zero-order chi connectivity index (χ0) is 24.6. The topological polar surface area (TPSA) is 25.8 Å². The number of hydrogen-bond donors (Lipinski definition) is 0. The normalized spacial score (nSPS) is 14.5. The molecule has 0 radical (unpaired) electrons. The van der Waals surface area contributed by atoms with E-state index in [0.29, 0.717) is 5.82 Å². The molecule has 1 atom stereocenters. The van der Waals surface area contributed by atoms with Crippen molar-refractivity contribution in [2.45, 2.75) is 129 Å². The first kappa shape index (κ1) is 27.4. The average molecular weight is 473 g/mol. The average Bonchev–Trinajstić information content (AvgIpc) is 3.29. The summed E-state index contributed by atoms with van der Waals surface area (Å²) in [5.41, 5.74) is 5.37. The van der Waals surface area contributed by atoms with E-state index in [0.717, 1.165) is 17.9 Å². The van der Waals surface area contributed by atoms with Crippen LogP contribution in [0, 0.1) is 17.8 Å². The summed E-state index contributed by atoms with van der Waals surface area (Å²) in [4.78, 5) is 9.01. The Morgan fingerprint density at radius 2 is 1.29 bits per heavy atom. The quantitative estimate of drug-likeness (QED) is 0.180. The molecule has 2 aromatic rings. The molecular weight excluding hydrogens is 424 g/mol. The number of hydrogen-bond acceptors (Lipinski definition) is 2. The van der Waals surface area contributed by atoms with Crippen LogP contribution in [0.5, 0.6) is 0 Å². The standard InChI is InChI=1S/C33H48N2/c1-3-5-7-9-11-12-14-16-18-30-26-34-33(35-27-30)22-20-28-19-21-31-24-29(25-32(31)23-28)17-15-13-10-8-6-4-2/h19,21,23,26-27,29H,3-18,24-25H2,1-2H3. The van der Waals surface area contributed by atoms with E-state index in [1.54, 1.807) is 0 Å². The monoisotopic (exact) mass is 472 g/mol. The molecule has 0 bridgehead atoms. The van der Waals surface area contributed by atoms with Crippen molar-refractivity contribution in [2.75, 3.05) is 0 Å². The van der Waals surface area contributed by atoms with Gasteiger partial charge < -0.3 is 0 Å². The first-order valence-electron chi connectivity index (χ1n) is 14.7. The second-order valence-electron chi connectivity index (χ2n) is 10.7. The van der Waals surface area contributed by atoms with Crippen molar-refractivity contribution in [3.63, 3.8) is 0 Å². The highest BCUT2D eigenvalue weighted by atomic mass is 14.8. The van der Waals surface area contributed by atoms with Crippen LogP contribution in [0.1, 0.15) is 138 Å². The van der Waals surface area contributed by atoms with Gasteiger partial charge in [0.2, 0.25) is 5.82 Å². The summed E-state index contributed by atoms with van der Waals surface area (Å²) in [6, 6.07) is 6.78. The molecule has 1 aliphatic carbocycles. The maximum Gasteiger partial charge on any atom is 0.205 e. The molecule has 1 unspecified atom stereocenters. The predicted octanol–water partition coefficient (Wildman–Crippen LogP) is 9.03. The molecule has 0 amide bonds. The Labute approximate surface area is 215 Å². The van der Waals surface area contributed by atoms with Crippen molar-refractivity contribution in [1.82, 2.24) is 9.97 Å². The molecular formula is C33H48N2. The molecule has 190 valence electrons. The van der Waals surface area contributed by atoms with Gasteiger partial charge in [-0.05, 0) is 72.8 Å². The Kier molecular flexibility index (Phi) is 13.0. The van der Waals surface area contributed by atoms with E-state index < -0.39 is 0 Å². The van der Waals surface area contributed by atoms with Gasteiger partial charge in [-0.15, -0.1) is 0 Å². The van der Waals surface area contributed by atoms with Crippen molar-refractivity contribution in [3.8, 4) is 11.8 Å². The minimum absolute atomic E-state index is 0.631. The largest absolute Gasteiger partial charge is 0.229 e. The van der Waals surface area contributed by atoms with Gasteiger partial charge in [-0.1, -0.05) is 109 Å². The zero-order valence-corrected chi connectivity index (χ0v) is 22.6. The maximum absolute atomic E-state index is 4.50. The number of rotatable bonds is 16. The molecule has 2 nitrogen and oxygen atoms in total. The van der Waals surface area contributed by atoms with Gasteiger partial charge >= 0.3 is 0 Å². The van der Waals surface area contributed by atoms with Gasteiger partial charge in [0.25, 0.3) is 0 Å². The number of benzene rings is 1. The van der Waals surface area contributed by atoms with Crippen LogP contribution in [0.4, 0.5) is 0 Å². The maximum atomic E-state index is 4.50. The van der Waals surface area contributed by atoms with Gasteiger partial charge in [0.1, 0.15) is 0 Å². The predicted molar refractivity (Wildman–Crippen MR) is 150 cm³/mol. The van der Waals surface area contributed by atoms with Gasteiger partial charge in [-0.3, -0.25) is 0 Å². The van der Waals surface area contributed by atoms with Crippen molar-refractivity contribution in [3.05, 3.63) is 58.7 Å². The minimum atomic E-state index is 0.631. The fourth-order valence-corrected chi connectivity index (χ4v) is 5.34. The van der Waals surface area contributed by atoms with E-state index in [9.17, 15) is 0 Å². The lowest BCUT2D eigenvalue weighted by Gasteiger charge is -2.08. The van der Waals surface area contributed by atoms with Crippen LogP contribution in [0.2, 0.25) is 0 Å². The van der Waals surface area contributed by atoms with Crippen molar-refractivity contribution < 1.29 is 0 Å². The first-order chi connectivity index (χ1) is 17.3. The molecule has 0 aliphatic heterocycles. The molecule has 1 heterocycles. The third-order valence-electron chi connectivity index (χ3n) is 7.53. The Balaban J connectivity index is 1.37. The van der Waals surface area contributed by atoms with E-state index in [-0.39, 0.29) is 0 Å². The molecule has 3 rings (SSSR count). The molecule has 2 heteroatoms. The van der Waals surface area contributed by atoms with Crippen LogP contribution in [-0.2, 0) is 19.3 Å². The number of unbranched alkanes of at least 4 members (excludes halogenated alkanes) is 12. The van der Waals surface area contributed by atoms with Gasteiger partial charge in [-0.2, -0.15) is 0 Å². The van der Waals surface area contributed by atoms with Crippen LogP contribution in [-0.4, -0.2) is 9.97 Å². The number of aryl methyl sites for hydroxylation is 1. The summed E-state index contributed by atoms with van der Waals surface area (Å²) in [7, 11) is 0. The van der Waals surface area contributed by atoms with Crippen LogP contribution < -0.4 is 0 Å². The van der Waals surface area contributed by atoms with E-state index in [2.05, 4.69) is 53.9 Å². The Morgan fingerprint density at radius 1 is 0.686 bits per heavy atom. The van der Waals surface area contributed by atoms with E-state index in [1.807, 2.05) is 12.4 Å². The van der Waals surface area contributed by atoms with Crippen LogP contribution >= 0.6 is 0 Å². The van der Waals surface area contributed by atoms with E-state index in [4.69, 9.17) is 0 Å². The smallest absolute Gasteiger partial charge is 0.205 e. The summed E-state index contributed by atoms with van der Waals surface area (Å²) < 4.78 is 0. The third kappa shape index (κ3) is 10.6. The van der Waals surface area contributed by atoms with Gasteiger partial charge in [0.05, 0.1) is 0 Å². The summed E-state index contributed by atoms with van der Waals surface area (Å²) in [6.45, 7) is 4.56. The zero-order valence-electron chi connectivity index (χ0n) is 22.6. The third-order valence-corrected chi connectivity index (χ3v) is 7.53. The van der Waals surface area contributed by atoms with E-state index in [1.165, 1.54) is 126 Å². The summed E-state index contributed by atoms with van der Waals surface area (Å²) >= 11 is 0. The van der Waals surface area contributed by atoms with Gasteiger partial charge in [0, 0.05) is 18.0 Å². The van der Waals surface area contributed by atoms with Crippen molar-refractivity contribution in [2.24, 2.45) is 5.92 Å². The second kappa shape index (κ2) is 16.5. The second-order valence-corrected chi connectivity index (χ2v) is 10.7. The molecule has 1 aromatic carbocycles. The molecule has 35 heavy (non-hydrogen) atoms. The molecule has 0 spiro atoms. The Hall–Kier alpha value is -2.14. The minimum Gasteiger partial charge on any atom is -0.229 e. The van der Waals surface area contributed by atoms with Crippen molar-refractivity contribution >= 4 is 0 Å². The van der Waals surface area contributed by atoms with Gasteiger partial charge in [-0.25, -0.2) is 9.97 Å². The highest BCUT2D eigenvalue weighted by Crippen LogP contribution is 2.31. The molecule has 1 aliphatic rings. The van der Waals surface area contributed by atoms with E-state index >= 15 is 0 Å². The fraction of sp³-hybridized carbons (Fsp3) is 0.636.